The van der Waals surface area contributed by atoms with Gasteiger partial charge in [-0.25, -0.2) is 0 Å². The number of aromatic amines is 1. The number of H-pyrrole nitrogens is 1. The van der Waals surface area contributed by atoms with Crippen molar-refractivity contribution in [1.29, 1.82) is 0 Å². The molecule has 60 valence electrons. The van der Waals surface area contributed by atoms with Crippen molar-refractivity contribution >= 4 is 15.9 Å². The SMILES string of the molecule is Brc1cn[nH]c1C1CCOC1. The highest BCUT2D eigenvalue weighted by Crippen LogP contribution is 2.28. The first kappa shape index (κ1) is 7.31. The number of hydrogen-bond donors (Lipinski definition) is 1. The Morgan fingerprint density at radius 2 is 2.64 bits per heavy atom. The minimum atomic E-state index is 0.506. The summed E-state index contributed by atoms with van der Waals surface area (Å²) in [5.41, 5.74) is 1.17. The lowest BCUT2D eigenvalue weighted by Gasteiger charge is -2.03. The van der Waals surface area contributed by atoms with Crippen LogP contribution in [0.15, 0.2) is 10.7 Å². The van der Waals surface area contributed by atoms with Crippen molar-refractivity contribution in [2.75, 3.05) is 13.2 Å². The Hall–Kier alpha value is -0.350. The van der Waals surface area contributed by atoms with Crippen LogP contribution in [0.4, 0.5) is 0 Å². The molecular weight excluding hydrogens is 208 g/mol. The second-order valence-electron chi connectivity index (χ2n) is 2.69. The Balaban J connectivity index is 2.21. The van der Waals surface area contributed by atoms with E-state index in [2.05, 4.69) is 26.1 Å². The first-order valence-corrected chi connectivity index (χ1v) is 4.43. The molecule has 2 rings (SSSR count). The molecule has 1 aliphatic heterocycles. The van der Waals surface area contributed by atoms with Gasteiger partial charge in [0, 0.05) is 12.5 Å². The van der Waals surface area contributed by atoms with Crippen LogP contribution < -0.4 is 0 Å². The highest BCUT2D eigenvalue weighted by Gasteiger charge is 2.20. The summed E-state index contributed by atoms with van der Waals surface area (Å²) >= 11 is 3.43. The summed E-state index contributed by atoms with van der Waals surface area (Å²) in [4.78, 5) is 0. The van der Waals surface area contributed by atoms with Crippen LogP contribution in [-0.2, 0) is 4.74 Å². The molecule has 0 bridgehead atoms. The molecule has 4 heteroatoms. The van der Waals surface area contributed by atoms with Crippen molar-refractivity contribution in [3.8, 4) is 0 Å². The van der Waals surface area contributed by atoms with Gasteiger partial charge in [0.25, 0.3) is 0 Å². The van der Waals surface area contributed by atoms with Crippen molar-refractivity contribution in [3.63, 3.8) is 0 Å². The highest BCUT2D eigenvalue weighted by atomic mass is 79.9. The van der Waals surface area contributed by atoms with Gasteiger partial charge in [-0.15, -0.1) is 0 Å². The van der Waals surface area contributed by atoms with E-state index in [1.54, 1.807) is 6.20 Å². The number of nitrogens with one attached hydrogen (secondary N) is 1. The van der Waals surface area contributed by atoms with Crippen molar-refractivity contribution in [2.45, 2.75) is 12.3 Å². The fraction of sp³-hybridized carbons (Fsp3) is 0.571. The molecule has 0 radical (unpaired) electrons. The molecule has 0 spiro atoms. The zero-order valence-corrected chi connectivity index (χ0v) is 7.60. The van der Waals surface area contributed by atoms with E-state index in [1.165, 1.54) is 5.69 Å². The summed E-state index contributed by atoms with van der Waals surface area (Å²) < 4.78 is 6.33. The van der Waals surface area contributed by atoms with Gasteiger partial charge in [0.15, 0.2) is 0 Å². The van der Waals surface area contributed by atoms with Crippen molar-refractivity contribution in [1.82, 2.24) is 10.2 Å². The summed E-state index contributed by atoms with van der Waals surface area (Å²) in [6, 6.07) is 0. The lowest BCUT2D eigenvalue weighted by atomic mass is 10.1. The monoisotopic (exact) mass is 216 g/mol. The first-order valence-electron chi connectivity index (χ1n) is 3.64. The smallest absolute Gasteiger partial charge is 0.0632 e. The van der Waals surface area contributed by atoms with E-state index >= 15 is 0 Å². The van der Waals surface area contributed by atoms with E-state index in [0.29, 0.717) is 5.92 Å². The molecule has 1 unspecified atom stereocenters. The first-order chi connectivity index (χ1) is 5.38. The number of hydrogen-bond acceptors (Lipinski definition) is 2. The quantitative estimate of drug-likeness (QED) is 0.776. The molecule has 0 saturated carbocycles. The second kappa shape index (κ2) is 2.95. The normalized spacial score (nSPS) is 24.3. The highest BCUT2D eigenvalue weighted by molar-refractivity contribution is 9.10. The van der Waals surface area contributed by atoms with E-state index < -0.39 is 0 Å². The third-order valence-electron chi connectivity index (χ3n) is 1.96. The van der Waals surface area contributed by atoms with Crippen molar-refractivity contribution in [2.24, 2.45) is 0 Å². The molecule has 1 aromatic heterocycles. The van der Waals surface area contributed by atoms with E-state index in [0.717, 1.165) is 24.1 Å². The van der Waals surface area contributed by atoms with E-state index in [1.807, 2.05) is 0 Å². The molecule has 11 heavy (non-hydrogen) atoms. The Labute approximate surface area is 73.3 Å². The summed E-state index contributed by atoms with van der Waals surface area (Å²) in [7, 11) is 0. The molecule has 2 heterocycles. The van der Waals surface area contributed by atoms with Crippen LogP contribution in [-0.4, -0.2) is 23.4 Å². The minimum Gasteiger partial charge on any atom is -0.381 e. The molecule has 1 fully saturated rings. The average molecular weight is 217 g/mol. The predicted molar refractivity (Wildman–Crippen MR) is 44.5 cm³/mol. The molecular formula is C7H9BrN2O. The van der Waals surface area contributed by atoms with Crippen LogP contribution in [0, 0.1) is 0 Å². The molecule has 1 atom stereocenters. The number of aromatic nitrogens is 2. The summed E-state index contributed by atoms with van der Waals surface area (Å²) in [6.45, 7) is 1.69. The molecule has 1 saturated heterocycles. The van der Waals surface area contributed by atoms with E-state index in [4.69, 9.17) is 4.74 Å². The lowest BCUT2D eigenvalue weighted by Crippen LogP contribution is -1.98. The summed E-state index contributed by atoms with van der Waals surface area (Å²) in [5, 5.41) is 6.91. The zero-order chi connectivity index (χ0) is 7.68. The Morgan fingerprint density at radius 3 is 3.18 bits per heavy atom. The Kier molecular flexibility index (Phi) is 1.96. The largest absolute Gasteiger partial charge is 0.381 e. The maximum Gasteiger partial charge on any atom is 0.0632 e. The Morgan fingerprint density at radius 1 is 1.73 bits per heavy atom. The number of rotatable bonds is 1. The van der Waals surface area contributed by atoms with Crippen molar-refractivity contribution < 1.29 is 4.74 Å². The van der Waals surface area contributed by atoms with Crippen LogP contribution in [0.2, 0.25) is 0 Å². The van der Waals surface area contributed by atoms with Crippen LogP contribution in [0.1, 0.15) is 18.0 Å². The molecule has 1 aromatic rings. The van der Waals surface area contributed by atoms with Gasteiger partial charge in [0.05, 0.1) is 23.0 Å². The van der Waals surface area contributed by atoms with Gasteiger partial charge >= 0.3 is 0 Å². The maximum atomic E-state index is 5.27. The van der Waals surface area contributed by atoms with Gasteiger partial charge in [0.2, 0.25) is 0 Å². The standard InChI is InChI=1S/C7H9BrN2O/c8-6-3-9-10-7(6)5-1-2-11-4-5/h3,5H,1-2,4H2,(H,9,10). The van der Waals surface area contributed by atoms with Crippen molar-refractivity contribution in [3.05, 3.63) is 16.4 Å². The number of halogens is 1. The summed E-state index contributed by atoms with van der Waals surface area (Å²) in [5.74, 6) is 0.506. The van der Waals surface area contributed by atoms with Crippen LogP contribution in [0.25, 0.3) is 0 Å². The lowest BCUT2D eigenvalue weighted by molar-refractivity contribution is 0.193. The number of nitrogens with zero attached hydrogens (tertiary/aromatic N) is 1. The van der Waals surface area contributed by atoms with E-state index in [-0.39, 0.29) is 0 Å². The van der Waals surface area contributed by atoms with Gasteiger partial charge < -0.3 is 4.74 Å². The van der Waals surface area contributed by atoms with Gasteiger partial charge in [-0.3, -0.25) is 5.10 Å². The molecule has 3 nitrogen and oxygen atoms in total. The topological polar surface area (TPSA) is 37.9 Å². The third kappa shape index (κ3) is 1.32. The second-order valence-corrected chi connectivity index (χ2v) is 3.55. The minimum absolute atomic E-state index is 0.506. The molecule has 1 aliphatic rings. The van der Waals surface area contributed by atoms with Gasteiger partial charge in [-0.05, 0) is 22.4 Å². The van der Waals surface area contributed by atoms with Gasteiger partial charge in [0.1, 0.15) is 0 Å². The van der Waals surface area contributed by atoms with E-state index in [9.17, 15) is 0 Å². The van der Waals surface area contributed by atoms with Crippen LogP contribution in [0.3, 0.4) is 0 Å². The molecule has 0 aliphatic carbocycles. The summed E-state index contributed by atoms with van der Waals surface area (Å²) in [6.07, 6.45) is 2.88. The molecule has 1 N–H and O–H groups in total. The fourth-order valence-electron chi connectivity index (χ4n) is 1.33. The van der Waals surface area contributed by atoms with Gasteiger partial charge in [-0.1, -0.05) is 0 Å². The zero-order valence-electron chi connectivity index (χ0n) is 6.01. The average Bonchev–Trinajstić information content (AvgIpc) is 2.55. The molecule has 0 aromatic carbocycles. The Bertz CT molecular complexity index is 242. The fourth-order valence-corrected chi connectivity index (χ4v) is 1.84. The molecule has 0 amide bonds. The maximum absolute atomic E-state index is 5.27. The van der Waals surface area contributed by atoms with Crippen LogP contribution >= 0.6 is 15.9 Å². The van der Waals surface area contributed by atoms with Crippen LogP contribution in [0.5, 0.6) is 0 Å². The third-order valence-corrected chi connectivity index (χ3v) is 2.59. The number of ether oxygens (including phenoxy) is 1. The van der Waals surface area contributed by atoms with Gasteiger partial charge in [-0.2, -0.15) is 5.10 Å². The predicted octanol–water partition coefficient (Wildman–Crippen LogP) is 1.68.